The molecule has 6 nitrogen and oxygen atoms in total. The lowest BCUT2D eigenvalue weighted by Crippen LogP contribution is -2.47. The van der Waals surface area contributed by atoms with Crippen molar-refractivity contribution in [2.24, 2.45) is 0 Å². The van der Waals surface area contributed by atoms with Gasteiger partial charge in [-0.1, -0.05) is 12.0 Å². The van der Waals surface area contributed by atoms with Crippen molar-refractivity contribution in [2.75, 3.05) is 31.6 Å². The fraction of sp³-hybridized carbons (Fsp3) is 0.857. The van der Waals surface area contributed by atoms with Gasteiger partial charge >= 0.3 is 6.01 Å². The molecule has 0 amide bonds. The second-order valence-corrected chi connectivity index (χ2v) is 5.78. The van der Waals surface area contributed by atoms with Crippen LogP contribution in [0.5, 0.6) is 0 Å². The Morgan fingerprint density at radius 3 is 3.00 bits per heavy atom. The summed E-state index contributed by atoms with van der Waals surface area (Å²) in [6.07, 6.45) is 3.23. The van der Waals surface area contributed by atoms with E-state index in [4.69, 9.17) is 9.15 Å². The lowest BCUT2D eigenvalue weighted by molar-refractivity contribution is -0.00569. The highest BCUT2D eigenvalue weighted by molar-refractivity contribution is 5.27. The SMILES string of the molecule is CCCNC(C)c1nnc(N2CCCC(C)(OC)C2)o1. The van der Waals surface area contributed by atoms with E-state index in [0.717, 1.165) is 38.9 Å². The molecule has 1 N–H and O–H groups in total. The van der Waals surface area contributed by atoms with E-state index in [1.807, 2.05) is 6.92 Å². The molecule has 1 aliphatic rings. The molecular weight excluding hydrogens is 256 g/mol. The van der Waals surface area contributed by atoms with Crippen molar-refractivity contribution >= 4 is 6.01 Å². The number of anilines is 1. The van der Waals surface area contributed by atoms with E-state index < -0.39 is 0 Å². The summed E-state index contributed by atoms with van der Waals surface area (Å²) >= 11 is 0. The van der Waals surface area contributed by atoms with Gasteiger partial charge in [-0.15, -0.1) is 5.10 Å². The van der Waals surface area contributed by atoms with Crippen LogP contribution in [0, 0.1) is 0 Å². The Morgan fingerprint density at radius 2 is 2.30 bits per heavy atom. The van der Waals surface area contributed by atoms with Gasteiger partial charge in [0.1, 0.15) is 0 Å². The Balaban J connectivity index is 2.01. The molecule has 1 aromatic heterocycles. The first-order chi connectivity index (χ1) is 9.58. The molecule has 0 radical (unpaired) electrons. The van der Waals surface area contributed by atoms with Crippen molar-refractivity contribution in [2.45, 2.75) is 51.7 Å². The Morgan fingerprint density at radius 1 is 1.50 bits per heavy atom. The van der Waals surface area contributed by atoms with E-state index in [0.29, 0.717) is 11.9 Å². The number of hydrogen-bond acceptors (Lipinski definition) is 6. The first-order valence-corrected chi connectivity index (χ1v) is 7.45. The molecule has 1 aliphatic heterocycles. The Bertz CT molecular complexity index is 423. The highest BCUT2D eigenvalue weighted by Crippen LogP contribution is 2.27. The molecule has 1 aromatic rings. The summed E-state index contributed by atoms with van der Waals surface area (Å²) in [5.74, 6) is 0.651. The van der Waals surface area contributed by atoms with E-state index in [-0.39, 0.29) is 11.6 Å². The molecule has 0 spiro atoms. The van der Waals surface area contributed by atoms with Gasteiger partial charge < -0.3 is 19.4 Å². The van der Waals surface area contributed by atoms with Gasteiger partial charge in [0.05, 0.1) is 18.2 Å². The van der Waals surface area contributed by atoms with Gasteiger partial charge in [-0.05, 0) is 39.7 Å². The first-order valence-electron chi connectivity index (χ1n) is 7.45. The van der Waals surface area contributed by atoms with Crippen LogP contribution >= 0.6 is 0 Å². The summed E-state index contributed by atoms with van der Waals surface area (Å²) in [7, 11) is 1.76. The smallest absolute Gasteiger partial charge is 0.318 e. The third kappa shape index (κ3) is 3.49. The largest absolute Gasteiger partial charge is 0.406 e. The van der Waals surface area contributed by atoms with Crippen LogP contribution in [-0.2, 0) is 4.74 Å². The molecular formula is C14H26N4O2. The van der Waals surface area contributed by atoms with E-state index >= 15 is 0 Å². The number of piperidine rings is 1. The van der Waals surface area contributed by atoms with E-state index in [1.165, 1.54) is 0 Å². The molecule has 2 rings (SSSR count). The van der Waals surface area contributed by atoms with Gasteiger partial charge in [0.15, 0.2) is 0 Å². The number of nitrogens with zero attached hydrogens (tertiary/aromatic N) is 3. The number of ether oxygens (including phenoxy) is 1. The average molecular weight is 282 g/mol. The molecule has 6 heteroatoms. The molecule has 114 valence electrons. The van der Waals surface area contributed by atoms with E-state index in [2.05, 4.69) is 34.3 Å². The zero-order valence-electron chi connectivity index (χ0n) is 13.0. The second-order valence-electron chi connectivity index (χ2n) is 5.78. The van der Waals surface area contributed by atoms with Crippen molar-refractivity contribution in [3.63, 3.8) is 0 Å². The average Bonchev–Trinajstić information content (AvgIpc) is 2.95. The number of rotatable bonds is 6. The van der Waals surface area contributed by atoms with Gasteiger partial charge in [0.2, 0.25) is 5.89 Å². The number of aromatic nitrogens is 2. The van der Waals surface area contributed by atoms with Crippen molar-refractivity contribution in [1.82, 2.24) is 15.5 Å². The number of methoxy groups -OCH3 is 1. The fourth-order valence-corrected chi connectivity index (χ4v) is 2.51. The van der Waals surface area contributed by atoms with Crippen LogP contribution in [0.15, 0.2) is 4.42 Å². The van der Waals surface area contributed by atoms with Crippen molar-refractivity contribution < 1.29 is 9.15 Å². The third-order valence-electron chi connectivity index (χ3n) is 3.92. The van der Waals surface area contributed by atoms with Gasteiger partial charge in [0.25, 0.3) is 0 Å². The van der Waals surface area contributed by atoms with Crippen molar-refractivity contribution in [3.05, 3.63) is 5.89 Å². The van der Waals surface area contributed by atoms with Crippen molar-refractivity contribution in [1.29, 1.82) is 0 Å². The lowest BCUT2D eigenvalue weighted by atomic mass is 9.95. The summed E-state index contributed by atoms with van der Waals surface area (Å²) < 4.78 is 11.4. The van der Waals surface area contributed by atoms with E-state index in [9.17, 15) is 0 Å². The Hall–Kier alpha value is -1.14. The van der Waals surface area contributed by atoms with Crippen LogP contribution in [0.3, 0.4) is 0 Å². The summed E-state index contributed by atoms with van der Waals surface area (Å²) in [5, 5.41) is 11.7. The molecule has 1 saturated heterocycles. The molecule has 0 bridgehead atoms. The van der Waals surface area contributed by atoms with Crippen LogP contribution < -0.4 is 10.2 Å². The van der Waals surface area contributed by atoms with Crippen LogP contribution in [-0.4, -0.2) is 42.5 Å². The Labute approximate surface area is 120 Å². The monoisotopic (exact) mass is 282 g/mol. The number of hydrogen-bond donors (Lipinski definition) is 1. The molecule has 2 atom stereocenters. The topological polar surface area (TPSA) is 63.4 Å². The normalized spacial score (nSPS) is 24.9. The summed E-state index contributed by atoms with van der Waals surface area (Å²) in [6.45, 7) is 8.99. The van der Waals surface area contributed by atoms with Gasteiger partial charge in [-0.2, -0.15) is 0 Å². The highest BCUT2D eigenvalue weighted by atomic mass is 16.5. The summed E-state index contributed by atoms with van der Waals surface area (Å²) in [4.78, 5) is 2.12. The maximum atomic E-state index is 5.81. The van der Waals surface area contributed by atoms with Crippen molar-refractivity contribution in [3.8, 4) is 0 Å². The van der Waals surface area contributed by atoms with E-state index in [1.54, 1.807) is 7.11 Å². The third-order valence-corrected chi connectivity index (χ3v) is 3.92. The Kier molecular flexibility index (Phi) is 4.99. The maximum absolute atomic E-state index is 5.81. The molecule has 20 heavy (non-hydrogen) atoms. The summed E-state index contributed by atoms with van der Waals surface area (Å²) in [5.41, 5.74) is -0.126. The predicted molar refractivity (Wildman–Crippen MR) is 77.9 cm³/mol. The predicted octanol–water partition coefficient (Wildman–Crippen LogP) is 2.14. The minimum absolute atomic E-state index is 0.0924. The quantitative estimate of drug-likeness (QED) is 0.862. The summed E-state index contributed by atoms with van der Waals surface area (Å²) in [6, 6.07) is 0.697. The lowest BCUT2D eigenvalue weighted by Gasteiger charge is -2.38. The molecule has 0 aromatic carbocycles. The molecule has 0 aliphatic carbocycles. The van der Waals surface area contributed by atoms with Crippen LogP contribution in [0.4, 0.5) is 6.01 Å². The minimum Gasteiger partial charge on any atom is -0.406 e. The molecule has 0 saturated carbocycles. The minimum atomic E-state index is -0.126. The zero-order valence-corrected chi connectivity index (χ0v) is 13.0. The second kappa shape index (κ2) is 6.54. The molecule has 1 fully saturated rings. The maximum Gasteiger partial charge on any atom is 0.318 e. The van der Waals surface area contributed by atoms with Gasteiger partial charge in [0, 0.05) is 13.7 Å². The standard InChI is InChI=1S/C14H26N4O2/c1-5-8-15-11(2)12-16-17-13(20-12)18-9-6-7-14(3,10-18)19-4/h11,15H,5-10H2,1-4H3. The van der Waals surface area contributed by atoms with Gasteiger partial charge in [-0.25, -0.2) is 0 Å². The molecule has 2 unspecified atom stereocenters. The van der Waals surface area contributed by atoms with Crippen LogP contribution in [0.2, 0.25) is 0 Å². The van der Waals surface area contributed by atoms with Gasteiger partial charge in [-0.3, -0.25) is 0 Å². The zero-order chi connectivity index (χ0) is 14.6. The highest BCUT2D eigenvalue weighted by Gasteiger charge is 2.33. The first kappa shape index (κ1) is 15.3. The fourth-order valence-electron chi connectivity index (χ4n) is 2.51. The van der Waals surface area contributed by atoms with Crippen LogP contribution in [0.1, 0.15) is 52.0 Å². The van der Waals surface area contributed by atoms with Crippen LogP contribution in [0.25, 0.3) is 0 Å². The molecule has 2 heterocycles. The number of nitrogens with one attached hydrogen (secondary N) is 1.